The van der Waals surface area contributed by atoms with Gasteiger partial charge in [0.1, 0.15) is 12.6 Å². The number of aliphatic hydroxyl groups excluding tert-OH is 1. The van der Waals surface area contributed by atoms with Crippen LogP contribution in [0.3, 0.4) is 0 Å². The standard InChI is InChI=1S/C26H48N4O4/c1-3-27-17-26(34,16-24(32)33)12-6-4-5-7-20-8-10-21(11-9-20)25-22(30-14-13-28-18-30)15-23(31)19(2)29-25/h13,19-23,25,27,29,31,34H,3-12,14-18H2,1-2H3,(H,32,33)/p+1. The molecular weight excluding hydrogens is 432 g/mol. The molecule has 196 valence electrons. The summed E-state index contributed by atoms with van der Waals surface area (Å²) in [6, 6.07) is 1.08. The Morgan fingerprint density at radius 2 is 2.00 bits per heavy atom. The Kier molecular flexibility index (Phi) is 10.8. The number of hydrogen-bond donors (Lipinski definition) is 6. The molecule has 34 heavy (non-hydrogen) atoms. The van der Waals surface area contributed by atoms with Crippen LogP contribution < -0.4 is 15.5 Å². The summed E-state index contributed by atoms with van der Waals surface area (Å²) in [6.07, 6.45) is 12.4. The summed E-state index contributed by atoms with van der Waals surface area (Å²) in [7, 11) is 0. The minimum atomic E-state index is -1.14. The first-order valence-electron chi connectivity index (χ1n) is 13.7. The van der Waals surface area contributed by atoms with E-state index in [1.54, 1.807) is 0 Å². The quantitative estimate of drug-likeness (QED) is 0.218. The average molecular weight is 482 g/mol. The molecule has 2 aliphatic heterocycles. The van der Waals surface area contributed by atoms with Crippen LogP contribution in [0.15, 0.2) is 4.99 Å². The molecule has 0 amide bonds. The summed E-state index contributed by atoms with van der Waals surface area (Å²) in [4.78, 5) is 17.1. The Hall–Kier alpha value is -1.06. The molecule has 0 aromatic heterocycles. The summed E-state index contributed by atoms with van der Waals surface area (Å²) >= 11 is 0. The second-order valence-electron chi connectivity index (χ2n) is 11.2. The van der Waals surface area contributed by atoms with Gasteiger partial charge in [0.15, 0.2) is 6.67 Å². The molecule has 1 aliphatic carbocycles. The number of unbranched alkanes of at least 4 members (excludes halogenated alkanes) is 2. The normalized spacial score (nSPS) is 35.8. The number of piperidine rings is 1. The van der Waals surface area contributed by atoms with Crippen molar-refractivity contribution in [2.75, 3.05) is 26.3 Å². The Morgan fingerprint density at radius 1 is 1.24 bits per heavy atom. The highest BCUT2D eigenvalue weighted by Crippen LogP contribution is 2.36. The summed E-state index contributed by atoms with van der Waals surface area (Å²) in [5, 5.41) is 37.2. The number of aliphatic imine (C=N–C) groups is 1. The van der Waals surface area contributed by atoms with E-state index in [1.165, 1.54) is 37.0 Å². The second-order valence-corrected chi connectivity index (χ2v) is 11.2. The minimum Gasteiger partial charge on any atom is -0.481 e. The second kappa shape index (κ2) is 13.3. The van der Waals surface area contributed by atoms with E-state index in [-0.39, 0.29) is 18.6 Å². The summed E-state index contributed by atoms with van der Waals surface area (Å²) in [5.74, 6) is 0.527. The van der Waals surface area contributed by atoms with Crippen molar-refractivity contribution in [3.8, 4) is 0 Å². The van der Waals surface area contributed by atoms with E-state index in [2.05, 4.69) is 22.5 Å². The lowest BCUT2D eigenvalue weighted by atomic mass is 9.72. The molecule has 2 fully saturated rings. The van der Waals surface area contributed by atoms with Crippen LogP contribution in [0.2, 0.25) is 0 Å². The molecule has 1 saturated carbocycles. The van der Waals surface area contributed by atoms with Crippen LogP contribution in [0.4, 0.5) is 0 Å². The summed E-state index contributed by atoms with van der Waals surface area (Å²) < 4.78 is 0. The third-order valence-electron chi connectivity index (χ3n) is 8.60. The van der Waals surface area contributed by atoms with Gasteiger partial charge in [0, 0.05) is 19.0 Å². The van der Waals surface area contributed by atoms with E-state index >= 15 is 0 Å². The zero-order chi connectivity index (χ0) is 24.6. The van der Waals surface area contributed by atoms with Gasteiger partial charge in [-0.2, -0.15) is 0 Å². The maximum atomic E-state index is 11.1. The van der Waals surface area contributed by atoms with Crippen molar-refractivity contribution in [2.45, 2.75) is 114 Å². The maximum absolute atomic E-state index is 11.1. The molecule has 3 rings (SSSR count). The number of rotatable bonds is 13. The number of nitrogens with one attached hydrogen (secondary N) is 3. The van der Waals surface area contributed by atoms with Gasteiger partial charge >= 0.3 is 5.97 Å². The van der Waals surface area contributed by atoms with Crippen molar-refractivity contribution in [2.24, 2.45) is 16.8 Å². The topological polar surface area (TPSA) is 119 Å². The number of carboxylic acid groups (broad SMARTS) is 1. The van der Waals surface area contributed by atoms with Crippen LogP contribution in [0.25, 0.3) is 0 Å². The van der Waals surface area contributed by atoms with Gasteiger partial charge in [-0.3, -0.25) is 4.79 Å². The number of aliphatic carboxylic acids is 1. The molecule has 8 nitrogen and oxygen atoms in total. The van der Waals surface area contributed by atoms with Gasteiger partial charge in [0.25, 0.3) is 0 Å². The fraction of sp³-hybridized carbons (Fsp3) is 0.923. The Labute approximate surface area is 205 Å². The molecule has 6 atom stereocenters. The van der Waals surface area contributed by atoms with E-state index < -0.39 is 11.6 Å². The highest BCUT2D eigenvalue weighted by molar-refractivity contribution is 5.68. The highest BCUT2D eigenvalue weighted by atomic mass is 16.4. The first kappa shape index (κ1) is 27.5. The Morgan fingerprint density at radius 3 is 2.65 bits per heavy atom. The number of aliphatic hydroxyl groups is 2. The average Bonchev–Trinajstić information content (AvgIpc) is 3.34. The van der Waals surface area contributed by atoms with E-state index in [9.17, 15) is 15.0 Å². The molecule has 0 aromatic carbocycles. The lowest BCUT2D eigenvalue weighted by molar-refractivity contribution is -0.914. The molecule has 8 heteroatoms. The first-order chi connectivity index (χ1) is 16.3. The van der Waals surface area contributed by atoms with Crippen molar-refractivity contribution in [1.29, 1.82) is 0 Å². The minimum absolute atomic E-state index is 0.161. The van der Waals surface area contributed by atoms with E-state index in [0.29, 0.717) is 31.0 Å². The number of carboxylic acids is 1. The third kappa shape index (κ3) is 7.98. The molecule has 0 spiro atoms. The van der Waals surface area contributed by atoms with Crippen LogP contribution in [0.5, 0.6) is 0 Å². The van der Waals surface area contributed by atoms with Crippen molar-refractivity contribution in [3.63, 3.8) is 0 Å². The molecule has 0 aromatic rings. The number of hydrogen-bond acceptors (Lipinski definition) is 6. The predicted octanol–water partition coefficient (Wildman–Crippen LogP) is 0.965. The lowest BCUT2D eigenvalue weighted by Crippen LogP contribution is -3.17. The SMILES string of the molecule is CCNCC(O)(CCCCCC1CCC(C2NC(C)C(O)CC2[NH+]2CC=NC2)CC1)CC(=O)O. The maximum Gasteiger partial charge on any atom is 0.306 e. The van der Waals surface area contributed by atoms with Crippen molar-refractivity contribution < 1.29 is 25.0 Å². The van der Waals surface area contributed by atoms with E-state index in [1.807, 2.05) is 13.1 Å². The Balaban J connectivity index is 1.38. The number of quaternary nitrogens is 1. The van der Waals surface area contributed by atoms with Gasteiger partial charge in [-0.05, 0) is 44.6 Å². The molecule has 0 bridgehead atoms. The molecular formula is C26H49N4O4+. The lowest BCUT2D eigenvalue weighted by Gasteiger charge is -2.45. The number of likely N-dealkylation sites (N-methyl/N-ethyl adjacent to an activating group) is 1. The number of nitrogens with zero attached hydrogens (tertiary/aromatic N) is 1. The van der Waals surface area contributed by atoms with Crippen LogP contribution in [0, 0.1) is 11.8 Å². The first-order valence-corrected chi connectivity index (χ1v) is 13.7. The van der Waals surface area contributed by atoms with Gasteiger partial charge in [-0.25, -0.2) is 4.99 Å². The van der Waals surface area contributed by atoms with Gasteiger partial charge < -0.3 is 30.9 Å². The predicted molar refractivity (Wildman–Crippen MR) is 134 cm³/mol. The van der Waals surface area contributed by atoms with Crippen LogP contribution in [-0.4, -0.2) is 83.6 Å². The van der Waals surface area contributed by atoms with Crippen molar-refractivity contribution in [3.05, 3.63) is 0 Å². The van der Waals surface area contributed by atoms with Crippen LogP contribution >= 0.6 is 0 Å². The van der Waals surface area contributed by atoms with Gasteiger partial charge in [-0.1, -0.05) is 45.4 Å². The highest BCUT2D eigenvalue weighted by Gasteiger charge is 2.44. The molecule has 3 aliphatic rings. The molecule has 1 saturated heterocycles. The zero-order valence-electron chi connectivity index (χ0n) is 21.3. The Bertz CT molecular complexity index is 647. The van der Waals surface area contributed by atoms with E-state index in [4.69, 9.17) is 5.11 Å². The van der Waals surface area contributed by atoms with Gasteiger partial charge in [0.05, 0.1) is 30.4 Å². The monoisotopic (exact) mass is 481 g/mol. The van der Waals surface area contributed by atoms with Crippen LogP contribution in [-0.2, 0) is 4.79 Å². The largest absolute Gasteiger partial charge is 0.481 e. The molecule has 6 N–H and O–H groups in total. The third-order valence-corrected chi connectivity index (χ3v) is 8.60. The van der Waals surface area contributed by atoms with Gasteiger partial charge in [0.2, 0.25) is 0 Å². The van der Waals surface area contributed by atoms with Crippen molar-refractivity contribution in [1.82, 2.24) is 10.6 Å². The van der Waals surface area contributed by atoms with Gasteiger partial charge in [-0.15, -0.1) is 0 Å². The summed E-state index contributed by atoms with van der Waals surface area (Å²) in [5.41, 5.74) is -1.14. The van der Waals surface area contributed by atoms with Crippen molar-refractivity contribution >= 4 is 12.2 Å². The molecule has 0 radical (unpaired) electrons. The molecule has 6 unspecified atom stereocenters. The summed E-state index contributed by atoms with van der Waals surface area (Å²) in [6.45, 7) is 6.98. The fourth-order valence-corrected chi connectivity index (χ4v) is 6.50. The smallest absolute Gasteiger partial charge is 0.306 e. The molecule has 2 heterocycles. The number of carbonyl (C=O) groups is 1. The zero-order valence-corrected chi connectivity index (χ0v) is 21.3. The fourth-order valence-electron chi connectivity index (χ4n) is 6.50. The van der Waals surface area contributed by atoms with Crippen LogP contribution in [0.1, 0.15) is 84.5 Å². The van der Waals surface area contributed by atoms with E-state index in [0.717, 1.165) is 51.4 Å².